The SMILES string of the molecule is CC(=O)N[C@]1(CO)O[C@@H](n2cnc3c(N)ncnc32)C(O)C1O. The second-order valence-electron chi connectivity index (χ2n) is 5.26. The number of ether oxygens (including phenoxy) is 1. The van der Waals surface area contributed by atoms with Crippen LogP contribution in [0.5, 0.6) is 0 Å². The van der Waals surface area contributed by atoms with Crippen LogP contribution in [0.25, 0.3) is 11.2 Å². The van der Waals surface area contributed by atoms with E-state index in [1.807, 2.05) is 0 Å². The van der Waals surface area contributed by atoms with Crippen molar-refractivity contribution < 1.29 is 24.9 Å². The van der Waals surface area contributed by atoms with Gasteiger partial charge in [-0.1, -0.05) is 0 Å². The van der Waals surface area contributed by atoms with Gasteiger partial charge in [0.15, 0.2) is 23.4 Å². The molecule has 0 aromatic carbocycles. The Morgan fingerprint density at radius 1 is 1.48 bits per heavy atom. The van der Waals surface area contributed by atoms with E-state index in [0.717, 1.165) is 0 Å². The predicted molar refractivity (Wildman–Crippen MR) is 75.5 cm³/mol. The minimum absolute atomic E-state index is 0.150. The molecule has 124 valence electrons. The van der Waals surface area contributed by atoms with Gasteiger partial charge in [0.25, 0.3) is 0 Å². The molecule has 1 amide bonds. The van der Waals surface area contributed by atoms with Crippen molar-refractivity contribution in [2.75, 3.05) is 12.3 Å². The van der Waals surface area contributed by atoms with Gasteiger partial charge in [0, 0.05) is 6.92 Å². The molecule has 23 heavy (non-hydrogen) atoms. The maximum absolute atomic E-state index is 11.3. The zero-order valence-electron chi connectivity index (χ0n) is 12.1. The number of rotatable bonds is 3. The quantitative estimate of drug-likeness (QED) is 0.409. The fourth-order valence-electron chi connectivity index (χ4n) is 2.64. The van der Waals surface area contributed by atoms with E-state index in [0.29, 0.717) is 5.52 Å². The van der Waals surface area contributed by atoms with Crippen LogP contribution >= 0.6 is 0 Å². The van der Waals surface area contributed by atoms with Crippen molar-refractivity contribution in [2.24, 2.45) is 0 Å². The smallest absolute Gasteiger partial charge is 0.219 e. The molecule has 6 N–H and O–H groups in total. The fourth-order valence-corrected chi connectivity index (χ4v) is 2.64. The van der Waals surface area contributed by atoms with Crippen molar-refractivity contribution in [3.05, 3.63) is 12.7 Å². The number of nitrogen functional groups attached to an aromatic ring is 1. The van der Waals surface area contributed by atoms with Crippen molar-refractivity contribution in [2.45, 2.75) is 31.1 Å². The lowest BCUT2D eigenvalue weighted by Gasteiger charge is -2.30. The Balaban J connectivity index is 2.03. The molecule has 0 saturated carbocycles. The Hall–Kier alpha value is -2.34. The number of nitrogens with zero attached hydrogens (tertiary/aromatic N) is 4. The monoisotopic (exact) mass is 324 g/mol. The summed E-state index contributed by atoms with van der Waals surface area (Å²) >= 11 is 0. The highest BCUT2D eigenvalue weighted by Crippen LogP contribution is 2.36. The van der Waals surface area contributed by atoms with Crippen molar-refractivity contribution in [1.82, 2.24) is 24.8 Å². The molecule has 0 bridgehead atoms. The largest absolute Gasteiger partial charge is 0.391 e. The molecular weight excluding hydrogens is 308 g/mol. The number of carbonyl (C=O) groups excluding carboxylic acids is 1. The summed E-state index contributed by atoms with van der Waals surface area (Å²) in [6.45, 7) is 0.471. The molecule has 1 aliphatic heterocycles. The Kier molecular flexibility index (Phi) is 3.64. The van der Waals surface area contributed by atoms with Gasteiger partial charge in [-0.15, -0.1) is 0 Å². The molecule has 1 aliphatic rings. The van der Waals surface area contributed by atoms with Crippen LogP contribution < -0.4 is 11.1 Å². The van der Waals surface area contributed by atoms with E-state index >= 15 is 0 Å². The lowest BCUT2D eigenvalue weighted by atomic mass is 10.0. The maximum atomic E-state index is 11.3. The first-order chi connectivity index (χ1) is 10.9. The molecule has 2 aromatic heterocycles. The number of nitrogens with one attached hydrogen (secondary N) is 1. The summed E-state index contributed by atoms with van der Waals surface area (Å²) in [7, 11) is 0. The average Bonchev–Trinajstić information content (AvgIpc) is 3.03. The predicted octanol–water partition coefficient (Wildman–Crippen LogP) is -2.52. The molecule has 11 nitrogen and oxygen atoms in total. The van der Waals surface area contributed by atoms with Crippen LogP contribution in [0.4, 0.5) is 5.82 Å². The van der Waals surface area contributed by atoms with E-state index in [9.17, 15) is 20.1 Å². The van der Waals surface area contributed by atoms with E-state index in [-0.39, 0.29) is 11.5 Å². The van der Waals surface area contributed by atoms with Gasteiger partial charge in [-0.3, -0.25) is 9.36 Å². The molecule has 0 aliphatic carbocycles. The number of imidazole rings is 1. The maximum Gasteiger partial charge on any atom is 0.219 e. The summed E-state index contributed by atoms with van der Waals surface area (Å²) in [5.41, 5.74) is 4.46. The molecule has 1 fully saturated rings. The molecule has 1 saturated heterocycles. The normalized spacial score (nSPS) is 30.7. The number of aromatic nitrogens is 4. The van der Waals surface area contributed by atoms with E-state index in [4.69, 9.17) is 10.5 Å². The molecule has 11 heteroatoms. The van der Waals surface area contributed by atoms with Crippen LogP contribution in [-0.4, -0.2) is 65.3 Å². The van der Waals surface area contributed by atoms with Gasteiger partial charge in [0.1, 0.15) is 24.1 Å². The number of anilines is 1. The van der Waals surface area contributed by atoms with Gasteiger partial charge in [0.05, 0.1) is 12.9 Å². The number of aliphatic hydroxyl groups excluding tert-OH is 3. The van der Waals surface area contributed by atoms with Crippen molar-refractivity contribution in [3.63, 3.8) is 0 Å². The third-order valence-corrected chi connectivity index (χ3v) is 3.71. The van der Waals surface area contributed by atoms with E-state index < -0.39 is 36.7 Å². The van der Waals surface area contributed by atoms with Crippen LogP contribution in [0.1, 0.15) is 13.2 Å². The summed E-state index contributed by atoms with van der Waals surface area (Å²) in [5, 5.41) is 32.4. The first-order valence-corrected chi connectivity index (χ1v) is 6.76. The van der Waals surface area contributed by atoms with E-state index in [2.05, 4.69) is 20.3 Å². The van der Waals surface area contributed by atoms with Crippen LogP contribution in [0, 0.1) is 0 Å². The summed E-state index contributed by atoms with van der Waals surface area (Å²) in [5.74, 6) is -0.384. The zero-order chi connectivity index (χ0) is 16.8. The minimum Gasteiger partial charge on any atom is -0.391 e. The number of fused-ring (bicyclic) bond motifs is 1. The molecule has 3 heterocycles. The van der Waals surface area contributed by atoms with Gasteiger partial charge in [0.2, 0.25) is 5.91 Å². The Morgan fingerprint density at radius 2 is 2.22 bits per heavy atom. The number of hydrogen-bond donors (Lipinski definition) is 5. The highest BCUT2D eigenvalue weighted by molar-refractivity contribution is 5.81. The second kappa shape index (κ2) is 5.38. The molecule has 0 spiro atoms. The molecule has 4 atom stereocenters. The highest BCUT2D eigenvalue weighted by atomic mass is 16.6. The van der Waals surface area contributed by atoms with Crippen LogP contribution in [0.2, 0.25) is 0 Å². The summed E-state index contributed by atoms with van der Waals surface area (Å²) in [4.78, 5) is 23.2. The Morgan fingerprint density at radius 3 is 2.87 bits per heavy atom. The first-order valence-electron chi connectivity index (χ1n) is 6.76. The first kappa shape index (κ1) is 15.6. The number of amides is 1. The standard InChI is InChI=1S/C12H16N6O5/c1-5(20)17-12(2-19)8(22)7(21)11(23-12)18-4-16-6-9(13)14-3-15-10(6)18/h3-4,7-8,11,19,21-22H,2H2,1H3,(H,17,20)(H2,13,14,15)/t7?,8?,11-,12-/m1/s1. The molecule has 0 radical (unpaired) electrons. The van der Waals surface area contributed by atoms with E-state index in [1.54, 1.807) is 0 Å². The average molecular weight is 324 g/mol. The van der Waals surface area contributed by atoms with Gasteiger partial charge < -0.3 is 31.1 Å². The Bertz CT molecular complexity index is 751. The molecule has 3 rings (SSSR count). The third kappa shape index (κ3) is 2.30. The molecular formula is C12H16N6O5. The van der Waals surface area contributed by atoms with E-state index in [1.165, 1.54) is 24.1 Å². The van der Waals surface area contributed by atoms with Crippen molar-refractivity contribution in [1.29, 1.82) is 0 Å². The van der Waals surface area contributed by atoms with Crippen LogP contribution in [0.15, 0.2) is 12.7 Å². The number of aliphatic hydroxyl groups is 3. The van der Waals surface area contributed by atoms with Crippen LogP contribution in [0.3, 0.4) is 0 Å². The summed E-state index contributed by atoms with van der Waals surface area (Å²) in [6, 6.07) is 0. The fraction of sp³-hybridized carbons (Fsp3) is 0.500. The van der Waals surface area contributed by atoms with Gasteiger partial charge >= 0.3 is 0 Å². The minimum atomic E-state index is -1.83. The number of carbonyl (C=O) groups is 1. The second-order valence-corrected chi connectivity index (χ2v) is 5.26. The summed E-state index contributed by atoms with van der Waals surface area (Å²) in [6.07, 6.45) is -1.60. The lowest BCUT2D eigenvalue weighted by molar-refractivity contribution is -0.159. The summed E-state index contributed by atoms with van der Waals surface area (Å²) < 4.78 is 6.91. The molecule has 2 unspecified atom stereocenters. The lowest BCUT2D eigenvalue weighted by Crippen LogP contribution is -2.58. The topological polar surface area (TPSA) is 169 Å². The van der Waals surface area contributed by atoms with Gasteiger partial charge in [-0.2, -0.15) is 0 Å². The van der Waals surface area contributed by atoms with Gasteiger partial charge in [-0.25, -0.2) is 15.0 Å². The Labute approximate surface area is 129 Å². The highest BCUT2D eigenvalue weighted by Gasteiger charge is 2.55. The number of hydrogen-bond acceptors (Lipinski definition) is 9. The zero-order valence-corrected chi connectivity index (χ0v) is 12.1. The van der Waals surface area contributed by atoms with Crippen molar-refractivity contribution in [3.8, 4) is 0 Å². The third-order valence-electron chi connectivity index (χ3n) is 3.71. The molecule has 2 aromatic rings. The number of nitrogens with two attached hydrogens (primary N) is 1. The van der Waals surface area contributed by atoms with Crippen LogP contribution in [-0.2, 0) is 9.53 Å². The van der Waals surface area contributed by atoms with Crippen molar-refractivity contribution >= 4 is 22.9 Å². The van der Waals surface area contributed by atoms with Gasteiger partial charge in [-0.05, 0) is 0 Å².